The number of carbonyl (C=O) groups is 1. The van der Waals surface area contributed by atoms with Crippen molar-refractivity contribution < 1.29 is 14.3 Å². The molecule has 0 aromatic rings. The largest absolute Gasteiger partial charge is 0.444 e. The van der Waals surface area contributed by atoms with Crippen LogP contribution in [0.4, 0.5) is 4.79 Å². The van der Waals surface area contributed by atoms with Gasteiger partial charge in [0, 0.05) is 6.04 Å². The third-order valence-electron chi connectivity index (χ3n) is 2.97. The van der Waals surface area contributed by atoms with Crippen LogP contribution in [0, 0.1) is 0 Å². The summed E-state index contributed by atoms with van der Waals surface area (Å²) in [6, 6.07) is 0.132. The van der Waals surface area contributed by atoms with Crippen LogP contribution in [-0.4, -0.2) is 47.9 Å². The van der Waals surface area contributed by atoms with Gasteiger partial charge in [-0.05, 0) is 27.2 Å². The van der Waals surface area contributed by atoms with Crippen LogP contribution in [0.1, 0.15) is 27.2 Å². The Morgan fingerprint density at radius 3 is 2.62 bits per heavy atom. The summed E-state index contributed by atoms with van der Waals surface area (Å²) >= 11 is 0. The molecular formula is C11H20N2O3. The van der Waals surface area contributed by atoms with Gasteiger partial charge < -0.3 is 20.1 Å². The molecule has 0 unspecified atom stereocenters. The molecule has 2 bridgehead atoms. The lowest BCUT2D eigenvalue weighted by atomic mass is 9.93. The minimum absolute atomic E-state index is 0.0301. The van der Waals surface area contributed by atoms with Gasteiger partial charge in [-0.25, -0.2) is 4.79 Å². The van der Waals surface area contributed by atoms with Crippen LogP contribution in [-0.2, 0) is 9.47 Å². The molecule has 1 amide bonds. The first-order valence-corrected chi connectivity index (χ1v) is 5.73. The molecule has 0 aromatic heterocycles. The van der Waals surface area contributed by atoms with E-state index in [2.05, 4.69) is 0 Å². The second-order valence-electron chi connectivity index (χ2n) is 5.56. The first kappa shape index (κ1) is 11.7. The van der Waals surface area contributed by atoms with Gasteiger partial charge in [0.05, 0.1) is 25.3 Å². The molecule has 3 aliphatic heterocycles. The topological polar surface area (TPSA) is 64.8 Å². The molecule has 16 heavy (non-hydrogen) atoms. The fraction of sp³-hybridized carbons (Fsp3) is 0.909. The molecule has 92 valence electrons. The Balaban J connectivity index is 1.99. The summed E-state index contributed by atoms with van der Waals surface area (Å²) < 4.78 is 10.9. The van der Waals surface area contributed by atoms with Crippen molar-refractivity contribution in [3.05, 3.63) is 0 Å². The maximum absolute atomic E-state index is 11.9. The zero-order chi connectivity index (χ0) is 11.9. The number of hydrogen-bond donors (Lipinski definition) is 1. The Labute approximate surface area is 95.9 Å². The SMILES string of the molecule is CC(C)(C)OC(=O)N1C[C@@H]2OC[C@H]1C[C@@H]2N. The van der Waals surface area contributed by atoms with Crippen molar-refractivity contribution in [2.24, 2.45) is 5.73 Å². The first-order chi connectivity index (χ1) is 7.37. The molecule has 0 radical (unpaired) electrons. The van der Waals surface area contributed by atoms with Crippen molar-refractivity contribution >= 4 is 6.09 Å². The summed E-state index contributed by atoms with van der Waals surface area (Å²) in [6.45, 7) is 6.75. The fourth-order valence-electron chi connectivity index (χ4n) is 2.18. The number of hydrogen-bond acceptors (Lipinski definition) is 4. The molecule has 0 aromatic carbocycles. The Kier molecular flexibility index (Phi) is 2.84. The van der Waals surface area contributed by atoms with Crippen LogP contribution in [0.3, 0.4) is 0 Å². The number of amides is 1. The second-order valence-corrected chi connectivity index (χ2v) is 5.56. The molecule has 5 heteroatoms. The normalized spacial score (nSPS) is 34.0. The Morgan fingerprint density at radius 2 is 2.19 bits per heavy atom. The number of rotatable bonds is 0. The van der Waals surface area contributed by atoms with Crippen molar-refractivity contribution in [1.82, 2.24) is 4.90 Å². The smallest absolute Gasteiger partial charge is 0.410 e. The van der Waals surface area contributed by atoms with Gasteiger partial charge in [0.25, 0.3) is 0 Å². The highest BCUT2D eigenvalue weighted by molar-refractivity contribution is 5.69. The highest BCUT2D eigenvalue weighted by Gasteiger charge is 2.43. The number of carbonyl (C=O) groups excluding carboxylic acids is 1. The zero-order valence-electron chi connectivity index (χ0n) is 10.1. The van der Waals surface area contributed by atoms with Gasteiger partial charge in [0.15, 0.2) is 0 Å². The summed E-state index contributed by atoms with van der Waals surface area (Å²) in [6.07, 6.45) is 0.527. The first-order valence-electron chi connectivity index (χ1n) is 5.73. The van der Waals surface area contributed by atoms with Gasteiger partial charge in [0.2, 0.25) is 0 Å². The van der Waals surface area contributed by atoms with Gasteiger partial charge in [-0.1, -0.05) is 0 Å². The van der Waals surface area contributed by atoms with E-state index in [1.54, 1.807) is 4.90 Å². The molecule has 5 nitrogen and oxygen atoms in total. The number of nitrogens with zero attached hydrogens (tertiary/aromatic N) is 1. The van der Waals surface area contributed by atoms with Gasteiger partial charge >= 0.3 is 6.09 Å². The Hall–Kier alpha value is -0.810. The molecule has 3 saturated heterocycles. The van der Waals surface area contributed by atoms with E-state index in [1.807, 2.05) is 20.8 Å². The van der Waals surface area contributed by atoms with E-state index in [-0.39, 0.29) is 24.3 Å². The maximum Gasteiger partial charge on any atom is 0.410 e. The van der Waals surface area contributed by atoms with Gasteiger partial charge in [-0.2, -0.15) is 0 Å². The van der Waals surface area contributed by atoms with Crippen molar-refractivity contribution in [3.63, 3.8) is 0 Å². The predicted molar refractivity (Wildman–Crippen MR) is 59.1 cm³/mol. The van der Waals surface area contributed by atoms with E-state index in [9.17, 15) is 4.79 Å². The summed E-state index contributed by atoms with van der Waals surface area (Å²) in [5, 5.41) is 0. The van der Waals surface area contributed by atoms with Crippen LogP contribution < -0.4 is 5.73 Å². The van der Waals surface area contributed by atoms with Crippen LogP contribution in [0.5, 0.6) is 0 Å². The average molecular weight is 228 g/mol. The van der Waals surface area contributed by atoms with Crippen LogP contribution in [0.2, 0.25) is 0 Å². The maximum atomic E-state index is 11.9. The van der Waals surface area contributed by atoms with E-state index >= 15 is 0 Å². The van der Waals surface area contributed by atoms with Crippen LogP contribution in [0.25, 0.3) is 0 Å². The second kappa shape index (κ2) is 3.89. The van der Waals surface area contributed by atoms with Crippen molar-refractivity contribution in [2.75, 3.05) is 13.2 Å². The number of fused-ring (bicyclic) bond motifs is 3. The fourth-order valence-corrected chi connectivity index (χ4v) is 2.18. The molecular weight excluding hydrogens is 208 g/mol. The monoisotopic (exact) mass is 228 g/mol. The standard InChI is InChI=1S/C11H20N2O3/c1-11(2,3)16-10(14)13-5-9-8(12)4-7(13)6-15-9/h7-9H,4-6,12H2,1-3H3/t7-,8+,9+/m1/s1. The molecule has 2 N–H and O–H groups in total. The lowest BCUT2D eigenvalue weighted by Gasteiger charge is -2.47. The molecule has 3 atom stereocenters. The van der Waals surface area contributed by atoms with Crippen molar-refractivity contribution in [3.8, 4) is 0 Å². The number of morpholine rings is 1. The third kappa shape index (κ3) is 2.30. The van der Waals surface area contributed by atoms with E-state index in [0.29, 0.717) is 13.2 Å². The Bertz CT molecular complexity index is 287. The van der Waals surface area contributed by atoms with Gasteiger partial charge in [-0.15, -0.1) is 0 Å². The van der Waals surface area contributed by atoms with Gasteiger partial charge in [-0.3, -0.25) is 0 Å². The number of nitrogens with two attached hydrogens (primary N) is 1. The number of piperidine rings is 1. The molecule has 0 saturated carbocycles. The third-order valence-corrected chi connectivity index (χ3v) is 2.97. The lowest BCUT2D eigenvalue weighted by molar-refractivity contribution is -0.114. The molecule has 3 heterocycles. The van der Waals surface area contributed by atoms with Crippen LogP contribution in [0.15, 0.2) is 0 Å². The molecule has 0 aliphatic carbocycles. The molecule has 3 rings (SSSR count). The van der Waals surface area contributed by atoms with Gasteiger partial charge in [0.1, 0.15) is 5.60 Å². The van der Waals surface area contributed by atoms with E-state index in [1.165, 1.54) is 0 Å². The highest BCUT2D eigenvalue weighted by atomic mass is 16.6. The minimum atomic E-state index is -0.448. The highest BCUT2D eigenvalue weighted by Crippen LogP contribution is 2.27. The Morgan fingerprint density at radius 1 is 1.50 bits per heavy atom. The summed E-state index contributed by atoms with van der Waals surface area (Å²) in [4.78, 5) is 13.7. The quantitative estimate of drug-likeness (QED) is 0.663. The van der Waals surface area contributed by atoms with E-state index in [4.69, 9.17) is 15.2 Å². The minimum Gasteiger partial charge on any atom is -0.444 e. The lowest BCUT2D eigenvalue weighted by Crippen LogP contribution is -2.64. The molecule has 3 aliphatic rings. The van der Waals surface area contributed by atoms with E-state index < -0.39 is 5.60 Å². The summed E-state index contributed by atoms with van der Waals surface area (Å²) in [5.41, 5.74) is 5.46. The van der Waals surface area contributed by atoms with Crippen molar-refractivity contribution in [1.29, 1.82) is 0 Å². The van der Waals surface area contributed by atoms with E-state index in [0.717, 1.165) is 6.42 Å². The average Bonchev–Trinajstić information content (AvgIpc) is 2.15. The molecule has 3 fully saturated rings. The van der Waals surface area contributed by atoms with Crippen LogP contribution >= 0.6 is 0 Å². The zero-order valence-corrected chi connectivity index (χ0v) is 10.1. The van der Waals surface area contributed by atoms with Crippen molar-refractivity contribution in [2.45, 2.75) is 51.0 Å². The number of ether oxygens (including phenoxy) is 2. The summed E-state index contributed by atoms with van der Waals surface area (Å²) in [7, 11) is 0. The predicted octanol–water partition coefficient (Wildman–Crippen LogP) is 0.722. The molecule has 0 spiro atoms. The summed E-state index contributed by atoms with van der Waals surface area (Å²) in [5.74, 6) is 0.